The van der Waals surface area contributed by atoms with E-state index in [1.165, 1.54) is 6.20 Å². The number of nitrogens with zero attached hydrogens (tertiary/aromatic N) is 3. The summed E-state index contributed by atoms with van der Waals surface area (Å²) in [6.45, 7) is 4.11. The minimum absolute atomic E-state index is 0.339. The van der Waals surface area contributed by atoms with Crippen LogP contribution in [0.25, 0.3) is 5.69 Å². The largest absolute Gasteiger partial charge is 0.462 e. The number of esters is 1. The van der Waals surface area contributed by atoms with Gasteiger partial charge in [0.05, 0.1) is 30.4 Å². The zero-order valence-electron chi connectivity index (χ0n) is 10.8. The van der Waals surface area contributed by atoms with Crippen LogP contribution in [-0.4, -0.2) is 27.3 Å². The van der Waals surface area contributed by atoms with Crippen molar-refractivity contribution in [3.05, 3.63) is 40.4 Å². The summed E-state index contributed by atoms with van der Waals surface area (Å²) < 4.78 is 7.60. The third kappa shape index (κ3) is 2.84. The molecule has 0 fully saturated rings. The van der Waals surface area contributed by atoms with E-state index in [2.05, 4.69) is 26.0 Å². The average molecular weight is 324 g/mol. The van der Waals surface area contributed by atoms with Crippen LogP contribution in [0.3, 0.4) is 0 Å². The lowest BCUT2D eigenvalue weighted by Crippen LogP contribution is -2.09. The summed E-state index contributed by atoms with van der Waals surface area (Å²) in [7, 11) is 0. The highest BCUT2D eigenvalue weighted by Crippen LogP contribution is 2.18. The van der Waals surface area contributed by atoms with E-state index in [9.17, 15) is 4.79 Å². The maximum Gasteiger partial charge on any atom is 0.341 e. The Balaban J connectivity index is 2.45. The molecule has 0 aliphatic heterocycles. The Kier molecular flexibility index (Phi) is 4.31. The van der Waals surface area contributed by atoms with Gasteiger partial charge in [-0.2, -0.15) is 5.10 Å². The number of rotatable bonds is 4. The summed E-state index contributed by atoms with van der Waals surface area (Å²) in [5, 5.41) is 4.26. The molecule has 0 amide bonds. The Labute approximate surface area is 119 Å². The normalized spacial score (nSPS) is 10.5. The lowest BCUT2D eigenvalue weighted by molar-refractivity contribution is 0.0525. The molecule has 0 N–H and O–H groups in total. The average Bonchev–Trinajstić information content (AvgIpc) is 2.82. The molecule has 0 bridgehead atoms. The van der Waals surface area contributed by atoms with Crippen LogP contribution in [0.5, 0.6) is 0 Å². The highest BCUT2D eigenvalue weighted by molar-refractivity contribution is 9.10. The van der Waals surface area contributed by atoms with E-state index in [1.807, 2.05) is 13.0 Å². The van der Waals surface area contributed by atoms with Crippen LogP contribution in [0.1, 0.15) is 29.9 Å². The first-order valence-corrected chi connectivity index (χ1v) is 6.81. The fourth-order valence-electron chi connectivity index (χ4n) is 1.83. The lowest BCUT2D eigenvalue weighted by atomic mass is 10.2. The minimum Gasteiger partial charge on any atom is -0.462 e. The quantitative estimate of drug-likeness (QED) is 0.812. The summed E-state index contributed by atoms with van der Waals surface area (Å²) in [4.78, 5) is 15.9. The zero-order valence-corrected chi connectivity index (χ0v) is 12.3. The molecule has 2 rings (SSSR count). The van der Waals surface area contributed by atoms with E-state index in [0.717, 1.165) is 15.9 Å². The molecule has 0 saturated heterocycles. The molecule has 0 aliphatic carbocycles. The third-order valence-electron chi connectivity index (χ3n) is 2.63. The number of carbonyl (C=O) groups excluding carboxylic acids is 1. The van der Waals surface area contributed by atoms with Crippen molar-refractivity contribution in [1.82, 2.24) is 14.8 Å². The smallest absolute Gasteiger partial charge is 0.341 e. The number of pyridine rings is 1. The van der Waals surface area contributed by atoms with E-state index in [1.54, 1.807) is 24.0 Å². The Bertz CT molecular complexity index is 595. The Hall–Kier alpha value is -1.69. The molecule has 2 aromatic rings. The second kappa shape index (κ2) is 5.97. The van der Waals surface area contributed by atoms with Gasteiger partial charge in [0.1, 0.15) is 5.56 Å². The lowest BCUT2D eigenvalue weighted by Gasteiger charge is -2.07. The van der Waals surface area contributed by atoms with Crippen molar-refractivity contribution < 1.29 is 9.53 Å². The fraction of sp³-hybridized carbons (Fsp3) is 0.308. The van der Waals surface area contributed by atoms with Crippen LogP contribution in [0.4, 0.5) is 0 Å². The summed E-state index contributed by atoms with van der Waals surface area (Å²) in [5.41, 5.74) is 2.13. The van der Waals surface area contributed by atoms with Gasteiger partial charge in [-0.25, -0.2) is 9.48 Å². The van der Waals surface area contributed by atoms with Gasteiger partial charge in [-0.05, 0) is 35.3 Å². The second-order valence-electron chi connectivity index (χ2n) is 3.85. The first-order chi connectivity index (χ1) is 9.17. The summed E-state index contributed by atoms with van der Waals surface area (Å²) in [6.07, 6.45) is 5.62. The van der Waals surface area contributed by atoms with Crippen LogP contribution in [0, 0.1) is 0 Å². The molecule has 100 valence electrons. The molecule has 19 heavy (non-hydrogen) atoms. The predicted octanol–water partition coefficient (Wildman–Crippen LogP) is 2.77. The van der Waals surface area contributed by atoms with Crippen molar-refractivity contribution in [2.45, 2.75) is 20.3 Å². The molecule has 6 heteroatoms. The Morgan fingerprint density at radius 2 is 2.16 bits per heavy atom. The standard InChI is InChI=1S/C13H14BrN3O2/c1-3-12-11(13(18)19-4-2)8-16-17(12)10-5-9(14)6-15-7-10/h5-8H,3-4H2,1-2H3. The molecule has 2 heterocycles. The predicted molar refractivity (Wildman–Crippen MR) is 74.4 cm³/mol. The molecule has 5 nitrogen and oxygen atoms in total. The fourth-order valence-corrected chi connectivity index (χ4v) is 2.19. The van der Waals surface area contributed by atoms with Gasteiger partial charge >= 0.3 is 5.97 Å². The maximum absolute atomic E-state index is 11.8. The van der Waals surface area contributed by atoms with Gasteiger partial charge in [0, 0.05) is 10.7 Å². The summed E-state index contributed by atoms with van der Waals surface area (Å²) in [6, 6.07) is 1.90. The van der Waals surface area contributed by atoms with Crippen LogP contribution in [0.2, 0.25) is 0 Å². The van der Waals surface area contributed by atoms with E-state index in [0.29, 0.717) is 18.6 Å². The zero-order chi connectivity index (χ0) is 13.8. The maximum atomic E-state index is 11.8. The molecule has 0 aliphatic rings. The van der Waals surface area contributed by atoms with Crippen molar-refractivity contribution in [3.8, 4) is 5.69 Å². The number of hydrogen-bond donors (Lipinski definition) is 0. The minimum atomic E-state index is -0.339. The van der Waals surface area contributed by atoms with Crippen molar-refractivity contribution in [2.24, 2.45) is 0 Å². The third-order valence-corrected chi connectivity index (χ3v) is 3.07. The highest BCUT2D eigenvalue weighted by atomic mass is 79.9. The molecular weight excluding hydrogens is 310 g/mol. The Morgan fingerprint density at radius 1 is 1.37 bits per heavy atom. The molecule has 0 radical (unpaired) electrons. The van der Waals surface area contributed by atoms with Gasteiger partial charge in [-0.15, -0.1) is 0 Å². The molecule has 0 aromatic carbocycles. The van der Waals surface area contributed by atoms with Crippen molar-refractivity contribution in [3.63, 3.8) is 0 Å². The summed E-state index contributed by atoms with van der Waals surface area (Å²) >= 11 is 3.37. The monoisotopic (exact) mass is 323 g/mol. The van der Waals surface area contributed by atoms with E-state index in [-0.39, 0.29) is 5.97 Å². The van der Waals surface area contributed by atoms with Gasteiger partial charge in [-0.1, -0.05) is 6.92 Å². The van der Waals surface area contributed by atoms with E-state index in [4.69, 9.17) is 4.74 Å². The highest BCUT2D eigenvalue weighted by Gasteiger charge is 2.18. The number of ether oxygens (including phenoxy) is 1. The number of hydrogen-bond acceptors (Lipinski definition) is 4. The second-order valence-corrected chi connectivity index (χ2v) is 4.77. The van der Waals surface area contributed by atoms with Crippen LogP contribution >= 0.6 is 15.9 Å². The van der Waals surface area contributed by atoms with Crippen molar-refractivity contribution in [2.75, 3.05) is 6.61 Å². The number of aromatic nitrogens is 3. The van der Waals surface area contributed by atoms with Gasteiger partial charge in [-0.3, -0.25) is 4.98 Å². The topological polar surface area (TPSA) is 57.0 Å². The number of carbonyl (C=O) groups is 1. The van der Waals surface area contributed by atoms with Gasteiger partial charge < -0.3 is 4.74 Å². The van der Waals surface area contributed by atoms with Crippen molar-refractivity contribution in [1.29, 1.82) is 0 Å². The van der Waals surface area contributed by atoms with Crippen LogP contribution in [-0.2, 0) is 11.2 Å². The Morgan fingerprint density at radius 3 is 2.79 bits per heavy atom. The summed E-state index contributed by atoms with van der Waals surface area (Å²) in [5.74, 6) is -0.339. The molecule has 0 unspecified atom stereocenters. The van der Waals surface area contributed by atoms with Crippen LogP contribution < -0.4 is 0 Å². The number of halogens is 1. The molecule has 0 atom stereocenters. The molecule has 2 aromatic heterocycles. The van der Waals surface area contributed by atoms with Gasteiger partial charge in [0.25, 0.3) is 0 Å². The first-order valence-electron chi connectivity index (χ1n) is 6.02. The first kappa shape index (κ1) is 13.7. The molecular formula is C13H14BrN3O2. The van der Waals surface area contributed by atoms with E-state index >= 15 is 0 Å². The molecule has 0 spiro atoms. The van der Waals surface area contributed by atoms with Crippen molar-refractivity contribution >= 4 is 21.9 Å². The van der Waals surface area contributed by atoms with Crippen LogP contribution in [0.15, 0.2) is 29.1 Å². The SMILES string of the molecule is CCOC(=O)c1cnn(-c2cncc(Br)c2)c1CC. The molecule has 0 saturated carbocycles. The van der Waals surface area contributed by atoms with Gasteiger partial charge in [0.15, 0.2) is 0 Å². The van der Waals surface area contributed by atoms with Gasteiger partial charge in [0.2, 0.25) is 0 Å². The van der Waals surface area contributed by atoms with E-state index < -0.39 is 0 Å².